The van der Waals surface area contributed by atoms with Crippen molar-refractivity contribution in [3.63, 3.8) is 0 Å². The third-order valence-electron chi connectivity index (χ3n) is 1.89. The van der Waals surface area contributed by atoms with Crippen molar-refractivity contribution in [3.8, 4) is 0 Å². The molecule has 0 amide bonds. The molecule has 18 heavy (non-hydrogen) atoms. The first-order valence-corrected chi connectivity index (χ1v) is 5.55. The number of aromatic carboxylic acids is 1. The molecule has 9 nitrogen and oxygen atoms in total. The molecule has 94 valence electrons. The Labute approximate surface area is 103 Å². The molecule has 0 atom stereocenters. The number of H-pyrrole nitrogens is 2. The maximum absolute atomic E-state index is 11.3. The first-order chi connectivity index (χ1) is 8.56. The average Bonchev–Trinajstić information content (AvgIpc) is 2.76. The van der Waals surface area contributed by atoms with Gasteiger partial charge in [0.15, 0.2) is 5.69 Å². The summed E-state index contributed by atoms with van der Waals surface area (Å²) in [5, 5.41) is 18.8. The van der Waals surface area contributed by atoms with Crippen molar-refractivity contribution in [3.05, 3.63) is 36.9 Å². The fourth-order valence-electron chi connectivity index (χ4n) is 1.12. The number of nitrogens with zero attached hydrogens (tertiary/aromatic N) is 2. The molecule has 0 aromatic carbocycles. The molecule has 0 aliphatic carbocycles. The van der Waals surface area contributed by atoms with Gasteiger partial charge in [0.05, 0.1) is 6.54 Å². The van der Waals surface area contributed by atoms with Gasteiger partial charge in [0.1, 0.15) is 5.01 Å². The van der Waals surface area contributed by atoms with E-state index in [1.54, 1.807) is 0 Å². The highest BCUT2D eigenvalue weighted by Gasteiger charge is 2.09. The van der Waals surface area contributed by atoms with Crippen LogP contribution in [-0.2, 0) is 6.54 Å². The number of rotatable bonds is 4. The number of hydrogen-bond donors (Lipinski definition) is 4. The monoisotopic (exact) mass is 269 g/mol. The summed E-state index contributed by atoms with van der Waals surface area (Å²) in [6, 6.07) is 0. The topological polar surface area (TPSA) is 141 Å². The number of carboxylic acid groups (broad SMARTS) is 1. The van der Waals surface area contributed by atoms with Gasteiger partial charge >= 0.3 is 11.7 Å². The van der Waals surface area contributed by atoms with E-state index < -0.39 is 17.2 Å². The van der Waals surface area contributed by atoms with Crippen LogP contribution >= 0.6 is 11.3 Å². The normalized spacial score (nSPS) is 10.2. The quantitative estimate of drug-likeness (QED) is 0.570. The molecule has 2 heterocycles. The summed E-state index contributed by atoms with van der Waals surface area (Å²) in [6.45, 7) is 0.139. The predicted octanol–water partition coefficient (Wildman–Crippen LogP) is -0.775. The Bertz CT molecular complexity index is 687. The lowest BCUT2D eigenvalue weighted by molar-refractivity contribution is 0.0691. The van der Waals surface area contributed by atoms with E-state index in [2.05, 4.69) is 20.5 Å². The Morgan fingerprint density at radius 2 is 2.28 bits per heavy atom. The number of aromatic amines is 2. The molecule has 0 fully saturated rings. The number of thiazole rings is 1. The van der Waals surface area contributed by atoms with Crippen LogP contribution in [0.3, 0.4) is 0 Å². The summed E-state index contributed by atoms with van der Waals surface area (Å²) in [4.78, 5) is 38.4. The van der Waals surface area contributed by atoms with E-state index >= 15 is 0 Å². The van der Waals surface area contributed by atoms with Crippen molar-refractivity contribution in [2.45, 2.75) is 6.54 Å². The highest BCUT2D eigenvalue weighted by Crippen LogP contribution is 2.10. The minimum Gasteiger partial charge on any atom is -0.476 e. The summed E-state index contributed by atoms with van der Waals surface area (Å²) in [5.74, 6) is -1.18. The fraction of sp³-hybridized carbons (Fsp3) is 0.125. The second-order valence-corrected chi connectivity index (χ2v) is 4.08. The molecule has 0 spiro atoms. The van der Waals surface area contributed by atoms with Gasteiger partial charge in [-0.2, -0.15) is 0 Å². The Kier molecular flexibility index (Phi) is 3.19. The molecular formula is C8H7N5O4S. The molecule has 0 radical (unpaired) electrons. The number of carboxylic acids is 1. The van der Waals surface area contributed by atoms with Crippen molar-refractivity contribution in [2.24, 2.45) is 0 Å². The van der Waals surface area contributed by atoms with E-state index in [1.165, 1.54) is 5.38 Å². The minimum absolute atomic E-state index is 0.0554. The maximum atomic E-state index is 11.3. The van der Waals surface area contributed by atoms with Gasteiger partial charge in [-0.3, -0.25) is 9.78 Å². The lowest BCUT2D eigenvalue weighted by Gasteiger charge is -1.99. The lowest BCUT2D eigenvalue weighted by Crippen LogP contribution is -2.26. The largest absolute Gasteiger partial charge is 0.476 e. The number of anilines is 1. The molecule has 10 heteroatoms. The molecule has 0 aliphatic rings. The summed E-state index contributed by atoms with van der Waals surface area (Å²) in [5.41, 5.74) is -1.41. The van der Waals surface area contributed by atoms with Crippen LogP contribution in [0.5, 0.6) is 0 Å². The highest BCUT2D eigenvalue weighted by molar-refractivity contribution is 7.09. The third-order valence-corrected chi connectivity index (χ3v) is 2.74. The maximum Gasteiger partial charge on any atom is 0.355 e. The predicted molar refractivity (Wildman–Crippen MR) is 61.9 cm³/mol. The van der Waals surface area contributed by atoms with Crippen molar-refractivity contribution < 1.29 is 9.90 Å². The molecule has 0 unspecified atom stereocenters. The van der Waals surface area contributed by atoms with E-state index in [0.29, 0.717) is 5.01 Å². The van der Waals surface area contributed by atoms with Crippen LogP contribution in [0.25, 0.3) is 0 Å². The standard InChI is InChI=1S/C8H7N5O4S/c14-6-5(12-13-8(17)11-6)9-1-4-10-3(2-18-4)7(15)16/h2H,1H2,(H,9,12)(H,15,16)(H2,11,13,14,17). The van der Waals surface area contributed by atoms with E-state index in [4.69, 9.17) is 5.11 Å². The highest BCUT2D eigenvalue weighted by atomic mass is 32.1. The van der Waals surface area contributed by atoms with Crippen LogP contribution in [0.4, 0.5) is 5.82 Å². The number of aromatic nitrogens is 4. The van der Waals surface area contributed by atoms with Gasteiger partial charge in [-0.25, -0.2) is 19.7 Å². The van der Waals surface area contributed by atoms with Crippen molar-refractivity contribution in [2.75, 3.05) is 5.32 Å². The van der Waals surface area contributed by atoms with Crippen LogP contribution in [0.1, 0.15) is 15.5 Å². The van der Waals surface area contributed by atoms with Crippen LogP contribution in [0.2, 0.25) is 0 Å². The van der Waals surface area contributed by atoms with Crippen LogP contribution < -0.4 is 16.6 Å². The molecular weight excluding hydrogens is 262 g/mol. The van der Waals surface area contributed by atoms with Gasteiger partial charge in [0.2, 0.25) is 5.82 Å². The molecule has 4 N–H and O–H groups in total. The first kappa shape index (κ1) is 12.0. The zero-order valence-corrected chi connectivity index (χ0v) is 9.58. The molecule has 0 bridgehead atoms. The molecule has 2 aromatic heterocycles. The van der Waals surface area contributed by atoms with Crippen molar-refractivity contribution in [1.82, 2.24) is 20.2 Å². The second-order valence-electron chi connectivity index (χ2n) is 3.14. The number of carbonyl (C=O) groups is 1. The van der Waals surface area contributed by atoms with Crippen LogP contribution in [0.15, 0.2) is 15.0 Å². The van der Waals surface area contributed by atoms with Gasteiger partial charge in [0, 0.05) is 5.38 Å². The molecule has 0 saturated heterocycles. The lowest BCUT2D eigenvalue weighted by atomic mass is 10.5. The number of nitrogens with one attached hydrogen (secondary N) is 3. The Hall–Kier alpha value is -2.49. The van der Waals surface area contributed by atoms with E-state index in [0.717, 1.165) is 11.3 Å². The Morgan fingerprint density at radius 1 is 1.50 bits per heavy atom. The zero-order valence-electron chi connectivity index (χ0n) is 8.76. The van der Waals surface area contributed by atoms with Gasteiger partial charge in [0.25, 0.3) is 5.56 Å². The van der Waals surface area contributed by atoms with Gasteiger partial charge in [-0.05, 0) is 0 Å². The van der Waals surface area contributed by atoms with E-state index in [-0.39, 0.29) is 18.1 Å². The smallest absolute Gasteiger partial charge is 0.355 e. The Balaban J connectivity index is 2.09. The van der Waals surface area contributed by atoms with Crippen molar-refractivity contribution >= 4 is 23.1 Å². The fourth-order valence-corrected chi connectivity index (χ4v) is 1.82. The minimum atomic E-state index is -1.11. The van der Waals surface area contributed by atoms with Gasteiger partial charge < -0.3 is 10.4 Å². The SMILES string of the molecule is O=C(O)c1csc(CNc2n[nH]c(=O)[nH]c2=O)n1. The summed E-state index contributed by atoms with van der Waals surface area (Å²) in [7, 11) is 0. The second kappa shape index (κ2) is 4.79. The third kappa shape index (κ3) is 2.60. The van der Waals surface area contributed by atoms with Crippen molar-refractivity contribution in [1.29, 1.82) is 0 Å². The summed E-state index contributed by atoms with van der Waals surface area (Å²) in [6.07, 6.45) is 0. The van der Waals surface area contributed by atoms with E-state index in [1.807, 2.05) is 4.98 Å². The Morgan fingerprint density at radius 3 is 2.89 bits per heavy atom. The summed E-state index contributed by atoms with van der Waals surface area (Å²) < 4.78 is 0. The molecule has 2 aromatic rings. The number of hydrogen-bond acceptors (Lipinski definition) is 7. The molecule has 0 saturated carbocycles. The van der Waals surface area contributed by atoms with Crippen LogP contribution in [0, 0.1) is 0 Å². The zero-order chi connectivity index (χ0) is 13.1. The van der Waals surface area contributed by atoms with Gasteiger partial charge in [-0.1, -0.05) is 0 Å². The summed E-state index contributed by atoms with van der Waals surface area (Å²) >= 11 is 1.14. The van der Waals surface area contributed by atoms with E-state index in [9.17, 15) is 14.4 Å². The van der Waals surface area contributed by atoms with Crippen LogP contribution in [-0.4, -0.2) is 31.2 Å². The van der Waals surface area contributed by atoms with Gasteiger partial charge in [-0.15, -0.1) is 16.4 Å². The average molecular weight is 269 g/mol. The first-order valence-electron chi connectivity index (χ1n) is 4.67. The molecule has 0 aliphatic heterocycles. The molecule has 2 rings (SSSR count).